The minimum Gasteiger partial charge on any atom is -0.496 e. The van der Waals surface area contributed by atoms with E-state index in [1.54, 1.807) is 14.2 Å². The largest absolute Gasteiger partial charge is 0.496 e. The Balaban J connectivity index is 0.00000220. The molecule has 2 rings (SSSR count). The first-order valence-electron chi connectivity index (χ1n) is 7.08. The number of piperazine rings is 1. The predicted octanol–water partition coefficient (Wildman–Crippen LogP) is 1.45. The van der Waals surface area contributed by atoms with Crippen LogP contribution in [0.25, 0.3) is 0 Å². The molecule has 6 heteroatoms. The quantitative estimate of drug-likeness (QED) is 0.832. The highest BCUT2D eigenvalue weighted by Crippen LogP contribution is 2.38. The van der Waals surface area contributed by atoms with Crippen molar-refractivity contribution < 1.29 is 14.6 Å². The van der Waals surface area contributed by atoms with Gasteiger partial charge in [-0.15, -0.1) is 12.4 Å². The number of benzene rings is 1. The topological polar surface area (TPSA) is 54.0 Å². The van der Waals surface area contributed by atoms with Gasteiger partial charge in [0.15, 0.2) is 0 Å². The number of hydrogen-bond acceptors (Lipinski definition) is 5. The second-order valence-corrected chi connectivity index (χ2v) is 4.89. The van der Waals surface area contributed by atoms with Gasteiger partial charge >= 0.3 is 0 Å². The summed E-state index contributed by atoms with van der Waals surface area (Å²) in [5.74, 6) is 1.64. The molecule has 0 aromatic heterocycles. The van der Waals surface area contributed by atoms with Crippen molar-refractivity contribution in [3.05, 3.63) is 23.8 Å². The first-order chi connectivity index (χ1) is 9.81. The third-order valence-corrected chi connectivity index (χ3v) is 3.79. The molecule has 1 saturated heterocycles. The van der Waals surface area contributed by atoms with E-state index in [9.17, 15) is 5.11 Å². The van der Waals surface area contributed by atoms with Crippen LogP contribution < -0.4 is 14.8 Å². The summed E-state index contributed by atoms with van der Waals surface area (Å²) >= 11 is 0. The molecular weight excluding hydrogens is 292 g/mol. The van der Waals surface area contributed by atoms with Crippen LogP contribution in [0.5, 0.6) is 11.5 Å². The minimum atomic E-state index is 0. The molecule has 0 amide bonds. The van der Waals surface area contributed by atoms with Gasteiger partial charge in [-0.2, -0.15) is 0 Å². The van der Waals surface area contributed by atoms with Crippen molar-refractivity contribution in [3.8, 4) is 11.5 Å². The summed E-state index contributed by atoms with van der Waals surface area (Å²) in [6.45, 7) is 4.02. The van der Waals surface area contributed by atoms with Gasteiger partial charge in [0.1, 0.15) is 11.5 Å². The number of halogens is 1. The maximum Gasteiger partial charge on any atom is 0.127 e. The molecule has 2 N–H and O–H groups in total. The van der Waals surface area contributed by atoms with Crippen molar-refractivity contribution in [1.82, 2.24) is 10.2 Å². The van der Waals surface area contributed by atoms with E-state index in [2.05, 4.69) is 10.2 Å². The minimum absolute atomic E-state index is 0. The van der Waals surface area contributed by atoms with Crippen LogP contribution in [0, 0.1) is 0 Å². The molecule has 1 heterocycles. The summed E-state index contributed by atoms with van der Waals surface area (Å²) < 4.78 is 11.0. The monoisotopic (exact) mass is 316 g/mol. The van der Waals surface area contributed by atoms with Gasteiger partial charge in [0.2, 0.25) is 0 Å². The summed E-state index contributed by atoms with van der Waals surface area (Å²) in [4.78, 5) is 2.38. The predicted molar refractivity (Wildman–Crippen MR) is 85.7 cm³/mol. The molecule has 0 aliphatic carbocycles. The van der Waals surface area contributed by atoms with Gasteiger partial charge in [-0.1, -0.05) is 6.07 Å². The number of ether oxygens (including phenoxy) is 2. The van der Waals surface area contributed by atoms with E-state index in [-0.39, 0.29) is 25.1 Å². The van der Waals surface area contributed by atoms with E-state index < -0.39 is 0 Å². The number of aliphatic hydroxyl groups is 1. The second-order valence-electron chi connectivity index (χ2n) is 4.89. The summed E-state index contributed by atoms with van der Waals surface area (Å²) in [6, 6.07) is 5.94. The number of aliphatic hydroxyl groups excluding tert-OH is 1. The molecule has 5 nitrogen and oxygen atoms in total. The normalized spacial score (nSPS) is 16.9. The molecule has 1 fully saturated rings. The average molecular weight is 317 g/mol. The van der Waals surface area contributed by atoms with E-state index in [1.807, 2.05) is 18.2 Å². The van der Waals surface area contributed by atoms with Gasteiger partial charge in [0, 0.05) is 38.8 Å². The van der Waals surface area contributed by atoms with Gasteiger partial charge in [-0.05, 0) is 18.6 Å². The van der Waals surface area contributed by atoms with E-state index in [0.717, 1.165) is 43.2 Å². The zero-order valence-corrected chi connectivity index (χ0v) is 13.5. The summed E-state index contributed by atoms with van der Waals surface area (Å²) in [5, 5.41) is 12.8. The highest BCUT2D eigenvalue weighted by molar-refractivity contribution is 5.85. The molecule has 0 saturated carbocycles. The zero-order chi connectivity index (χ0) is 14.4. The lowest BCUT2D eigenvalue weighted by Crippen LogP contribution is -2.45. The maximum atomic E-state index is 9.43. The van der Waals surface area contributed by atoms with Crippen LogP contribution in [0.2, 0.25) is 0 Å². The van der Waals surface area contributed by atoms with Gasteiger partial charge in [-0.3, -0.25) is 4.90 Å². The van der Waals surface area contributed by atoms with E-state index in [0.29, 0.717) is 6.42 Å². The average Bonchev–Trinajstić information content (AvgIpc) is 2.52. The van der Waals surface area contributed by atoms with Crippen molar-refractivity contribution in [3.63, 3.8) is 0 Å². The Kier molecular flexibility index (Phi) is 7.82. The van der Waals surface area contributed by atoms with E-state index >= 15 is 0 Å². The van der Waals surface area contributed by atoms with Gasteiger partial charge in [-0.25, -0.2) is 0 Å². The number of hydrogen-bond donors (Lipinski definition) is 2. The number of nitrogens with zero attached hydrogens (tertiary/aromatic N) is 1. The van der Waals surface area contributed by atoms with Crippen LogP contribution in [0.1, 0.15) is 18.0 Å². The fraction of sp³-hybridized carbons (Fsp3) is 0.600. The molecule has 1 aliphatic rings. The van der Waals surface area contributed by atoms with Crippen molar-refractivity contribution in [1.29, 1.82) is 0 Å². The van der Waals surface area contributed by atoms with Crippen molar-refractivity contribution in [2.75, 3.05) is 47.0 Å². The summed E-state index contributed by atoms with van der Waals surface area (Å²) in [6.07, 6.45) is 0.677. The first-order valence-corrected chi connectivity index (χ1v) is 7.08. The lowest BCUT2D eigenvalue weighted by Gasteiger charge is -2.36. The lowest BCUT2D eigenvalue weighted by molar-refractivity contribution is 0.136. The molecular formula is C15H25ClN2O3. The highest BCUT2D eigenvalue weighted by atomic mass is 35.5. The Hall–Kier alpha value is -1.01. The Labute approximate surface area is 132 Å². The summed E-state index contributed by atoms with van der Waals surface area (Å²) in [7, 11) is 3.35. The molecule has 120 valence electrons. The molecule has 1 atom stereocenters. The molecule has 0 bridgehead atoms. The van der Waals surface area contributed by atoms with Crippen molar-refractivity contribution >= 4 is 12.4 Å². The maximum absolute atomic E-state index is 9.43. The third kappa shape index (κ3) is 4.23. The SMILES string of the molecule is COc1cccc(OC)c1[C@H](CCO)N1CCNCC1.Cl. The molecule has 0 radical (unpaired) electrons. The van der Waals surface area contributed by atoms with E-state index in [1.165, 1.54) is 0 Å². The van der Waals surface area contributed by atoms with E-state index in [4.69, 9.17) is 9.47 Å². The molecule has 21 heavy (non-hydrogen) atoms. The van der Waals surface area contributed by atoms with Crippen LogP contribution >= 0.6 is 12.4 Å². The molecule has 1 aromatic rings. The lowest BCUT2D eigenvalue weighted by atomic mass is 9.99. The van der Waals surface area contributed by atoms with Crippen LogP contribution in [0.4, 0.5) is 0 Å². The number of nitrogens with one attached hydrogen (secondary N) is 1. The Morgan fingerprint density at radius 1 is 1.19 bits per heavy atom. The first kappa shape index (κ1) is 18.0. The van der Waals surface area contributed by atoms with Gasteiger partial charge < -0.3 is 19.9 Å². The second kappa shape index (κ2) is 9.10. The van der Waals surface area contributed by atoms with Gasteiger partial charge in [0.25, 0.3) is 0 Å². The van der Waals surface area contributed by atoms with Crippen LogP contribution in [0.3, 0.4) is 0 Å². The number of methoxy groups -OCH3 is 2. The summed E-state index contributed by atoms with van der Waals surface area (Å²) in [5.41, 5.74) is 1.04. The van der Waals surface area contributed by atoms with Crippen LogP contribution in [-0.2, 0) is 0 Å². The fourth-order valence-electron chi connectivity index (χ4n) is 2.83. The van der Waals surface area contributed by atoms with Crippen LogP contribution in [0.15, 0.2) is 18.2 Å². The van der Waals surface area contributed by atoms with Crippen LogP contribution in [-0.4, -0.2) is 57.0 Å². The number of rotatable bonds is 6. The Bertz CT molecular complexity index is 403. The Morgan fingerprint density at radius 3 is 2.24 bits per heavy atom. The molecule has 0 unspecified atom stereocenters. The highest BCUT2D eigenvalue weighted by Gasteiger charge is 2.27. The molecule has 1 aliphatic heterocycles. The molecule has 0 spiro atoms. The standard InChI is InChI=1S/C15H24N2O3.ClH/c1-19-13-4-3-5-14(20-2)15(13)12(6-11-18)17-9-7-16-8-10-17;/h3-5,12,16,18H,6-11H2,1-2H3;1H/t12-;/m0./s1. The fourth-order valence-corrected chi connectivity index (χ4v) is 2.83. The molecule has 1 aromatic carbocycles. The Morgan fingerprint density at radius 2 is 1.76 bits per heavy atom. The zero-order valence-electron chi connectivity index (χ0n) is 12.7. The van der Waals surface area contributed by atoms with Crippen molar-refractivity contribution in [2.45, 2.75) is 12.5 Å². The van der Waals surface area contributed by atoms with Crippen molar-refractivity contribution in [2.24, 2.45) is 0 Å². The van der Waals surface area contributed by atoms with Gasteiger partial charge in [0.05, 0.1) is 19.8 Å². The third-order valence-electron chi connectivity index (χ3n) is 3.79. The smallest absolute Gasteiger partial charge is 0.127 e.